The van der Waals surface area contributed by atoms with Crippen molar-refractivity contribution in [1.29, 1.82) is 0 Å². The summed E-state index contributed by atoms with van der Waals surface area (Å²) in [6, 6.07) is 6.25. The first-order valence-corrected chi connectivity index (χ1v) is 6.24. The Hall–Kier alpha value is -1.84. The number of furan rings is 1. The summed E-state index contributed by atoms with van der Waals surface area (Å²) >= 11 is 0. The molecule has 4 heteroatoms. The average Bonchev–Trinajstić information content (AvgIpc) is 2.77. The molecule has 0 aliphatic heterocycles. The Bertz CT molecular complexity index is 473. The fourth-order valence-corrected chi connectivity index (χ4v) is 1.93. The van der Waals surface area contributed by atoms with Crippen molar-refractivity contribution in [1.82, 2.24) is 9.97 Å². The molecule has 2 rings (SSSR count). The predicted octanol–water partition coefficient (Wildman–Crippen LogP) is 3.12. The quantitative estimate of drug-likeness (QED) is 0.879. The van der Waals surface area contributed by atoms with Gasteiger partial charge < -0.3 is 9.73 Å². The van der Waals surface area contributed by atoms with Crippen molar-refractivity contribution in [3.63, 3.8) is 0 Å². The highest BCUT2D eigenvalue weighted by molar-refractivity contribution is 5.36. The zero-order chi connectivity index (χ0) is 13.0. The van der Waals surface area contributed by atoms with Crippen LogP contribution >= 0.6 is 0 Å². The molecule has 2 heterocycles. The van der Waals surface area contributed by atoms with Gasteiger partial charge in [-0.05, 0) is 39.3 Å². The van der Waals surface area contributed by atoms with Gasteiger partial charge in [0.15, 0.2) is 0 Å². The summed E-state index contributed by atoms with van der Waals surface area (Å²) in [6.45, 7) is 6.04. The third-order valence-corrected chi connectivity index (χ3v) is 2.76. The molecular formula is C14H19N3O. The third kappa shape index (κ3) is 3.58. The molecule has 2 aromatic heterocycles. The Morgan fingerprint density at radius 1 is 1.33 bits per heavy atom. The second kappa shape index (κ2) is 5.67. The molecule has 18 heavy (non-hydrogen) atoms. The fourth-order valence-electron chi connectivity index (χ4n) is 1.93. The number of nitrogens with one attached hydrogen (secondary N) is 1. The SMILES string of the molecule is Cc1cc(NC(C)CCc2ccco2)nc(C)n1. The van der Waals surface area contributed by atoms with Gasteiger partial charge in [-0.1, -0.05) is 0 Å². The van der Waals surface area contributed by atoms with Gasteiger partial charge in [0.2, 0.25) is 0 Å². The van der Waals surface area contributed by atoms with Crippen LogP contribution in [0.15, 0.2) is 28.9 Å². The number of nitrogens with zero attached hydrogens (tertiary/aromatic N) is 2. The second-order valence-electron chi connectivity index (χ2n) is 4.61. The Morgan fingerprint density at radius 3 is 2.83 bits per heavy atom. The van der Waals surface area contributed by atoms with Crippen molar-refractivity contribution in [2.45, 2.75) is 39.7 Å². The first-order valence-electron chi connectivity index (χ1n) is 6.24. The lowest BCUT2D eigenvalue weighted by molar-refractivity contribution is 0.495. The van der Waals surface area contributed by atoms with Crippen LogP contribution in [-0.2, 0) is 6.42 Å². The molecule has 1 N–H and O–H groups in total. The topological polar surface area (TPSA) is 51.0 Å². The van der Waals surface area contributed by atoms with Gasteiger partial charge >= 0.3 is 0 Å². The van der Waals surface area contributed by atoms with Crippen molar-refractivity contribution in [3.8, 4) is 0 Å². The second-order valence-corrected chi connectivity index (χ2v) is 4.61. The largest absolute Gasteiger partial charge is 0.469 e. The van der Waals surface area contributed by atoms with Gasteiger partial charge in [0.25, 0.3) is 0 Å². The van der Waals surface area contributed by atoms with E-state index >= 15 is 0 Å². The van der Waals surface area contributed by atoms with Gasteiger partial charge in [0, 0.05) is 24.2 Å². The lowest BCUT2D eigenvalue weighted by atomic mass is 10.1. The number of aromatic nitrogens is 2. The first kappa shape index (κ1) is 12.6. The van der Waals surface area contributed by atoms with E-state index in [1.807, 2.05) is 32.0 Å². The van der Waals surface area contributed by atoms with E-state index in [-0.39, 0.29) is 0 Å². The van der Waals surface area contributed by atoms with Crippen LogP contribution in [0.2, 0.25) is 0 Å². The van der Waals surface area contributed by atoms with Crippen LogP contribution < -0.4 is 5.32 Å². The van der Waals surface area contributed by atoms with Crippen molar-refractivity contribution < 1.29 is 4.42 Å². The van der Waals surface area contributed by atoms with Crippen LogP contribution in [0.25, 0.3) is 0 Å². The Labute approximate surface area is 107 Å². The summed E-state index contributed by atoms with van der Waals surface area (Å²) in [4.78, 5) is 8.64. The molecule has 0 spiro atoms. The van der Waals surface area contributed by atoms with Crippen LogP contribution in [0.3, 0.4) is 0 Å². The number of hydrogen-bond donors (Lipinski definition) is 1. The molecule has 1 atom stereocenters. The third-order valence-electron chi connectivity index (χ3n) is 2.76. The van der Waals surface area contributed by atoms with Gasteiger partial charge in [-0.15, -0.1) is 0 Å². The first-order chi connectivity index (χ1) is 8.63. The highest BCUT2D eigenvalue weighted by atomic mass is 16.3. The van der Waals surface area contributed by atoms with E-state index in [4.69, 9.17) is 4.42 Å². The van der Waals surface area contributed by atoms with Crippen molar-refractivity contribution >= 4 is 5.82 Å². The molecule has 4 nitrogen and oxygen atoms in total. The monoisotopic (exact) mass is 245 g/mol. The van der Waals surface area contributed by atoms with E-state index in [1.54, 1.807) is 6.26 Å². The average molecular weight is 245 g/mol. The Balaban J connectivity index is 1.88. The molecule has 0 aliphatic rings. The number of aryl methyl sites for hydroxylation is 3. The maximum absolute atomic E-state index is 5.32. The lowest BCUT2D eigenvalue weighted by Gasteiger charge is -2.14. The van der Waals surface area contributed by atoms with Crippen LogP contribution in [0.1, 0.15) is 30.6 Å². The Morgan fingerprint density at radius 2 is 2.17 bits per heavy atom. The van der Waals surface area contributed by atoms with E-state index in [1.165, 1.54) is 0 Å². The molecule has 0 saturated heterocycles. The van der Waals surface area contributed by atoms with E-state index in [0.29, 0.717) is 6.04 Å². The van der Waals surface area contributed by atoms with Gasteiger partial charge in [0.05, 0.1) is 6.26 Å². The van der Waals surface area contributed by atoms with Gasteiger partial charge in [-0.25, -0.2) is 9.97 Å². The summed E-state index contributed by atoms with van der Waals surface area (Å²) in [5, 5.41) is 3.39. The summed E-state index contributed by atoms with van der Waals surface area (Å²) in [7, 11) is 0. The van der Waals surface area contributed by atoms with Crippen LogP contribution in [0.5, 0.6) is 0 Å². The molecule has 1 unspecified atom stereocenters. The standard InChI is InChI=1S/C14H19N3O/c1-10(6-7-13-5-4-8-18-13)16-14-9-11(2)15-12(3)17-14/h4-5,8-10H,6-7H2,1-3H3,(H,15,16,17). The van der Waals surface area contributed by atoms with Crippen molar-refractivity contribution in [2.75, 3.05) is 5.32 Å². The molecule has 2 aromatic rings. The summed E-state index contributed by atoms with van der Waals surface area (Å²) < 4.78 is 5.32. The minimum atomic E-state index is 0.351. The molecule has 0 radical (unpaired) electrons. The minimum Gasteiger partial charge on any atom is -0.469 e. The predicted molar refractivity (Wildman–Crippen MR) is 71.6 cm³/mol. The van der Waals surface area contributed by atoms with E-state index < -0.39 is 0 Å². The Kier molecular flexibility index (Phi) is 3.97. The minimum absolute atomic E-state index is 0.351. The molecule has 96 valence electrons. The zero-order valence-electron chi connectivity index (χ0n) is 11.1. The summed E-state index contributed by atoms with van der Waals surface area (Å²) in [5.74, 6) is 2.72. The lowest BCUT2D eigenvalue weighted by Crippen LogP contribution is -2.17. The zero-order valence-corrected chi connectivity index (χ0v) is 11.1. The van der Waals surface area contributed by atoms with Gasteiger partial charge in [-0.2, -0.15) is 0 Å². The van der Waals surface area contributed by atoms with Crippen molar-refractivity contribution in [2.24, 2.45) is 0 Å². The molecule has 0 saturated carbocycles. The molecule has 0 aliphatic carbocycles. The van der Waals surface area contributed by atoms with Crippen LogP contribution in [-0.4, -0.2) is 16.0 Å². The maximum Gasteiger partial charge on any atom is 0.130 e. The number of rotatable bonds is 5. The highest BCUT2D eigenvalue weighted by Crippen LogP contribution is 2.11. The van der Waals surface area contributed by atoms with Crippen molar-refractivity contribution in [3.05, 3.63) is 41.7 Å². The van der Waals surface area contributed by atoms with Crippen LogP contribution in [0, 0.1) is 13.8 Å². The molecule has 0 bridgehead atoms. The van der Waals surface area contributed by atoms with Gasteiger partial charge in [-0.3, -0.25) is 0 Å². The fraction of sp³-hybridized carbons (Fsp3) is 0.429. The summed E-state index contributed by atoms with van der Waals surface area (Å²) in [5.41, 5.74) is 0.989. The molecule has 0 aromatic carbocycles. The van der Waals surface area contributed by atoms with Crippen LogP contribution in [0.4, 0.5) is 5.82 Å². The molecule has 0 fully saturated rings. The normalized spacial score (nSPS) is 12.4. The molecule has 0 amide bonds. The number of anilines is 1. The highest BCUT2D eigenvalue weighted by Gasteiger charge is 2.06. The van der Waals surface area contributed by atoms with E-state index in [9.17, 15) is 0 Å². The maximum atomic E-state index is 5.32. The van der Waals surface area contributed by atoms with E-state index in [2.05, 4.69) is 22.2 Å². The van der Waals surface area contributed by atoms with E-state index in [0.717, 1.165) is 35.9 Å². The number of hydrogen-bond acceptors (Lipinski definition) is 4. The molecular weight excluding hydrogens is 226 g/mol. The summed E-state index contributed by atoms with van der Waals surface area (Å²) in [6.07, 6.45) is 3.66. The van der Waals surface area contributed by atoms with Gasteiger partial charge in [0.1, 0.15) is 17.4 Å². The smallest absolute Gasteiger partial charge is 0.130 e.